The summed E-state index contributed by atoms with van der Waals surface area (Å²) in [6, 6.07) is 11.2. The molecule has 1 aliphatic carbocycles. The number of aryl methyl sites for hydroxylation is 1. The lowest BCUT2D eigenvalue weighted by Crippen LogP contribution is -2.40. The third-order valence-corrected chi connectivity index (χ3v) is 6.68. The molecule has 1 aliphatic heterocycles. The first-order chi connectivity index (χ1) is 14.1. The van der Waals surface area contributed by atoms with Gasteiger partial charge in [-0.3, -0.25) is 14.6 Å². The summed E-state index contributed by atoms with van der Waals surface area (Å²) in [5.41, 5.74) is 1.89. The molecule has 2 aromatic rings. The van der Waals surface area contributed by atoms with E-state index in [4.69, 9.17) is 11.6 Å². The van der Waals surface area contributed by atoms with Gasteiger partial charge in [-0.05, 0) is 67.3 Å². The third kappa shape index (κ3) is 4.45. The number of hydrogen-bond acceptors (Lipinski definition) is 3. The van der Waals surface area contributed by atoms with E-state index in [9.17, 15) is 9.59 Å². The van der Waals surface area contributed by atoms with Crippen molar-refractivity contribution in [3.05, 3.63) is 64.9 Å². The monoisotopic (exact) mass is 411 g/mol. The van der Waals surface area contributed by atoms with Crippen LogP contribution in [0.15, 0.2) is 48.8 Å². The number of halogens is 1. The summed E-state index contributed by atoms with van der Waals surface area (Å²) in [7, 11) is 0. The first-order valence-corrected chi connectivity index (χ1v) is 10.7. The summed E-state index contributed by atoms with van der Waals surface area (Å²) in [5, 5.41) is 3.59. The number of rotatable bonds is 6. The van der Waals surface area contributed by atoms with Crippen LogP contribution in [0.3, 0.4) is 0 Å². The Morgan fingerprint density at radius 3 is 2.59 bits per heavy atom. The molecule has 4 rings (SSSR count). The van der Waals surface area contributed by atoms with Gasteiger partial charge in [0.1, 0.15) is 0 Å². The van der Waals surface area contributed by atoms with Crippen LogP contribution in [0.25, 0.3) is 0 Å². The first kappa shape index (κ1) is 19.9. The van der Waals surface area contributed by atoms with Crippen molar-refractivity contribution in [2.24, 2.45) is 11.3 Å². The topological polar surface area (TPSA) is 62.3 Å². The van der Waals surface area contributed by atoms with E-state index in [1.54, 1.807) is 24.5 Å². The molecule has 0 radical (unpaired) electrons. The molecule has 29 heavy (non-hydrogen) atoms. The predicted molar refractivity (Wildman–Crippen MR) is 113 cm³/mol. The second-order valence-electron chi connectivity index (χ2n) is 8.14. The zero-order valence-corrected chi connectivity index (χ0v) is 17.2. The highest BCUT2D eigenvalue weighted by Gasteiger charge is 2.58. The van der Waals surface area contributed by atoms with Gasteiger partial charge in [-0.25, -0.2) is 0 Å². The van der Waals surface area contributed by atoms with Crippen molar-refractivity contribution >= 4 is 23.4 Å². The minimum absolute atomic E-state index is 0.0109. The highest BCUT2D eigenvalue weighted by atomic mass is 35.5. The molecule has 6 heteroatoms. The molecule has 0 unspecified atom stereocenters. The van der Waals surface area contributed by atoms with E-state index < -0.39 is 0 Å². The number of amides is 2. The van der Waals surface area contributed by atoms with Crippen LogP contribution in [0.5, 0.6) is 0 Å². The molecule has 152 valence electrons. The summed E-state index contributed by atoms with van der Waals surface area (Å²) >= 11 is 6.17. The fourth-order valence-electron chi connectivity index (χ4n) is 4.41. The standard InChI is InChI=1S/C23H26ClN3O2/c24-20-6-2-1-5-18(20)22(29)27-14-9-23(10-15-27)16-19(23)21(28)26-11-3-4-17-7-12-25-13-8-17/h1-2,5-8,12-13,19H,3-4,9-11,14-16H2,(H,26,28)/t19-/m1/s1. The zero-order chi connectivity index (χ0) is 20.3. The molecule has 1 N–H and O–H groups in total. The highest BCUT2D eigenvalue weighted by molar-refractivity contribution is 6.33. The van der Waals surface area contributed by atoms with Crippen molar-refractivity contribution in [2.75, 3.05) is 19.6 Å². The van der Waals surface area contributed by atoms with Gasteiger partial charge in [-0.1, -0.05) is 23.7 Å². The fourth-order valence-corrected chi connectivity index (χ4v) is 4.62. The number of aromatic nitrogens is 1. The Balaban J connectivity index is 1.21. The van der Waals surface area contributed by atoms with Gasteiger partial charge >= 0.3 is 0 Å². The molecule has 2 amide bonds. The van der Waals surface area contributed by atoms with Gasteiger partial charge in [0.05, 0.1) is 10.6 Å². The smallest absolute Gasteiger partial charge is 0.255 e. The van der Waals surface area contributed by atoms with Crippen molar-refractivity contribution in [3.8, 4) is 0 Å². The summed E-state index contributed by atoms with van der Waals surface area (Å²) < 4.78 is 0. The van der Waals surface area contributed by atoms with E-state index in [1.165, 1.54) is 5.56 Å². The van der Waals surface area contributed by atoms with Crippen LogP contribution in [0, 0.1) is 11.3 Å². The van der Waals surface area contributed by atoms with E-state index in [0.29, 0.717) is 30.2 Å². The van der Waals surface area contributed by atoms with Crippen LogP contribution in [-0.2, 0) is 11.2 Å². The van der Waals surface area contributed by atoms with Crippen molar-refractivity contribution in [1.82, 2.24) is 15.2 Å². The maximum atomic E-state index is 12.7. The Bertz CT molecular complexity index is 879. The number of carbonyl (C=O) groups is 2. The quantitative estimate of drug-likeness (QED) is 0.737. The van der Waals surface area contributed by atoms with E-state index in [0.717, 1.165) is 32.1 Å². The number of carbonyl (C=O) groups excluding carboxylic acids is 2. The van der Waals surface area contributed by atoms with Crippen molar-refractivity contribution in [3.63, 3.8) is 0 Å². The molecule has 2 aliphatic rings. The van der Waals surface area contributed by atoms with Crippen LogP contribution in [0.2, 0.25) is 5.02 Å². The SMILES string of the molecule is O=C(NCCCc1ccncc1)[C@H]1CC12CCN(C(=O)c1ccccc1Cl)CC2. The Labute approximate surface area is 176 Å². The number of nitrogens with zero attached hydrogens (tertiary/aromatic N) is 2. The largest absolute Gasteiger partial charge is 0.356 e. The van der Waals surface area contributed by atoms with Crippen LogP contribution in [0.1, 0.15) is 41.6 Å². The predicted octanol–water partition coefficient (Wildman–Crippen LogP) is 3.73. The van der Waals surface area contributed by atoms with Gasteiger partial charge in [0.25, 0.3) is 5.91 Å². The van der Waals surface area contributed by atoms with Gasteiger partial charge in [-0.2, -0.15) is 0 Å². The highest BCUT2D eigenvalue weighted by Crippen LogP contribution is 2.59. The summed E-state index contributed by atoms with van der Waals surface area (Å²) in [4.78, 5) is 31.2. The maximum absolute atomic E-state index is 12.7. The van der Waals surface area contributed by atoms with Gasteiger partial charge < -0.3 is 10.2 Å². The molecule has 2 fully saturated rings. The lowest BCUT2D eigenvalue weighted by molar-refractivity contribution is -0.123. The van der Waals surface area contributed by atoms with Crippen LogP contribution >= 0.6 is 11.6 Å². The molecule has 1 saturated carbocycles. The Hall–Kier alpha value is -2.40. The summed E-state index contributed by atoms with van der Waals surface area (Å²) in [6.45, 7) is 2.08. The second kappa shape index (κ2) is 8.54. The van der Waals surface area contributed by atoms with Gasteiger partial charge in [0, 0.05) is 37.9 Å². The van der Waals surface area contributed by atoms with E-state index in [1.807, 2.05) is 29.2 Å². The summed E-state index contributed by atoms with van der Waals surface area (Å²) in [6.07, 6.45) is 8.18. The fraction of sp³-hybridized carbons (Fsp3) is 0.435. The number of likely N-dealkylation sites (tertiary alicyclic amines) is 1. The van der Waals surface area contributed by atoms with E-state index in [-0.39, 0.29) is 23.1 Å². The Kier molecular flexibility index (Phi) is 5.86. The average molecular weight is 412 g/mol. The van der Waals surface area contributed by atoms with Crippen molar-refractivity contribution in [1.29, 1.82) is 0 Å². The molecular formula is C23H26ClN3O2. The van der Waals surface area contributed by atoms with Gasteiger partial charge in [-0.15, -0.1) is 0 Å². The van der Waals surface area contributed by atoms with Crippen LogP contribution < -0.4 is 5.32 Å². The second-order valence-corrected chi connectivity index (χ2v) is 8.55. The minimum Gasteiger partial charge on any atom is -0.356 e. The molecule has 1 atom stereocenters. The molecule has 5 nitrogen and oxygen atoms in total. The van der Waals surface area contributed by atoms with Crippen LogP contribution in [0.4, 0.5) is 0 Å². The van der Waals surface area contributed by atoms with Crippen molar-refractivity contribution in [2.45, 2.75) is 32.1 Å². The Morgan fingerprint density at radius 2 is 1.86 bits per heavy atom. The van der Waals surface area contributed by atoms with Crippen molar-refractivity contribution < 1.29 is 9.59 Å². The molecule has 1 spiro atoms. The normalized spacial score (nSPS) is 19.8. The summed E-state index contributed by atoms with van der Waals surface area (Å²) in [5.74, 6) is 0.259. The number of benzene rings is 1. The molecule has 1 aromatic heterocycles. The van der Waals surface area contributed by atoms with E-state index in [2.05, 4.69) is 10.3 Å². The van der Waals surface area contributed by atoms with Gasteiger partial charge in [0.2, 0.25) is 5.91 Å². The Morgan fingerprint density at radius 1 is 1.14 bits per heavy atom. The van der Waals surface area contributed by atoms with E-state index >= 15 is 0 Å². The number of nitrogens with one attached hydrogen (secondary N) is 1. The molecule has 0 bridgehead atoms. The molecule has 1 aromatic carbocycles. The number of hydrogen-bond donors (Lipinski definition) is 1. The molecular weight excluding hydrogens is 386 g/mol. The number of pyridine rings is 1. The lowest BCUT2D eigenvalue weighted by Gasteiger charge is -2.33. The molecule has 2 heterocycles. The van der Waals surface area contributed by atoms with Gasteiger partial charge in [0.15, 0.2) is 0 Å². The first-order valence-electron chi connectivity index (χ1n) is 10.3. The lowest BCUT2D eigenvalue weighted by atomic mass is 9.90. The molecule has 1 saturated heterocycles. The number of piperidine rings is 1. The maximum Gasteiger partial charge on any atom is 0.255 e. The third-order valence-electron chi connectivity index (χ3n) is 6.35. The minimum atomic E-state index is -0.0109. The zero-order valence-electron chi connectivity index (χ0n) is 16.4. The van der Waals surface area contributed by atoms with Crippen LogP contribution in [-0.4, -0.2) is 41.3 Å². The average Bonchev–Trinajstić information content (AvgIpc) is 3.45.